The molecular weight excluding hydrogens is 390 g/mol. The van der Waals surface area contributed by atoms with Crippen LogP contribution in [0.4, 0.5) is 0 Å². The topological polar surface area (TPSA) is 89.4 Å². The smallest absolute Gasteiger partial charge is 0.239 e. The molecule has 1 saturated carbocycles. The highest BCUT2D eigenvalue weighted by Crippen LogP contribution is 2.41. The van der Waals surface area contributed by atoms with Crippen LogP contribution in [0.5, 0.6) is 11.5 Å². The zero-order chi connectivity index (χ0) is 21.3. The van der Waals surface area contributed by atoms with Crippen molar-refractivity contribution in [3.05, 3.63) is 60.2 Å². The van der Waals surface area contributed by atoms with E-state index in [1.54, 1.807) is 4.90 Å². The van der Waals surface area contributed by atoms with E-state index in [0.29, 0.717) is 18.9 Å². The number of rotatable bonds is 5. The molecule has 2 saturated heterocycles. The van der Waals surface area contributed by atoms with Crippen LogP contribution < -0.4 is 20.9 Å². The van der Waals surface area contributed by atoms with Crippen LogP contribution in [-0.4, -0.2) is 35.5 Å². The SMILES string of the molecule is N#CN1C[C@@H]2CCC[C@]2(NC(=O)C2CC(c3ccccc3Oc3ccccc3)NN2)C1. The molecule has 1 amide bonds. The molecule has 31 heavy (non-hydrogen) atoms. The highest BCUT2D eigenvalue weighted by Gasteiger charge is 2.51. The Hall–Kier alpha value is -3.08. The number of ether oxygens (including phenoxy) is 1. The van der Waals surface area contributed by atoms with E-state index in [-0.39, 0.29) is 23.5 Å². The van der Waals surface area contributed by atoms with E-state index < -0.39 is 0 Å². The Morgan fingerprint density at radius 1 is 1.16 bits per heavy atom. The van der Waals surface area contributed by atoms with E-state index in [4.69, 9.17) is 4.74 Å². The van der Waals surface area contributed by atoms with Crippen molar-refractivity contribution in [1.29, 1.82) is 5.26 Å². The summed E-state index contributed by atoms with van der Waals surface area (Å²) >= 11 is 0. The Kier molecular flexibility index (Phi) is 5.26. The van der Waals surface area contributed by atoms with Crippen molar-refractivity contribution in [2.45, 2.75) is 43.3 Å². The Balaban J connectivity index is 1.27. The fourth-order valence-corrected chi connectivity index (χ4v) is 5.31. The molecule has 7 heteroatoms. The van der Waals surface area contributed by atoms with Crippen molar-refractivity contribution in [1.82, 2.24) is 21.1 Å². The fraction of sp³-hybridized carbons (Fsp3) is 0.417. The van der Waals surface area contributed by atoms with Crippen molar-refractivity contribution >= 4 is 5.91 Å². The minimum atomic E-state index is -0.332. The van der Waals surface area contributed by atoms with Gasteiger partial charge in [-0.1, -0.05) is 42.8 Å². The zero-order valence-corrected chi connectivity index (χ0v) is 17.4. The van der Waals surface area contributed by atoms with Gasteiger partial charge in [-0.25, -0.2) is 10.9 Å². The van der Waals surface area contributed by atoms with Crippen LogP contribution in [0.25, 0.3) is 0 Å². The van der Waals surface area contributed by atoms with Gasteiger partial charge in [0.2, 0.25) is 5.91 Å². The average molecular weight is 418 g/mol. The van der Waals surface area contributed by atoms with Gasteiger partial charge in [0, 0.05) is 18.0 Å². The van der Waals surface area contributed by atoms with Crippen molar-refractivity contribution in [3.8, 4) is 17.7 Å². The maximum Gasteiger partial charge on any atom is 0.239 e. The molecule has 2 heterocycles. The summed E-state index contributed by atoms with van der Waals surface area (Å²) in [6.07, 6.45) is 6.00. The van der Waals surface area contributed by atoms with Gasteiger partial charge in [0.05, 0.1) is 18.1 Å². The first-order chi connectivity index (χ1) is 15.2. The normalized spacial score (nSPS) is 29.4. The van der Waals surface area contributed by atoms with Crippen LogP contribution in [0.1, 0.15) is 37.3 Å². The molecule has 3 aliphatic rings. The van der Waals surface area contributed by atoms with Crippen LogP contribution in [-0.2, 0) is 4.79 Å². The molecule has 0 radical (unpaired) electrons. The van der Waals surface area contributed by atoms with Crippen LogP contribution in [0.2, 0.25) is 0 Å². The molecule has 0 bridgehead atoms. The number of amides is 1. The molecular formula is C24H27N5O2. The first-order valence-electron chi connectivity index (χ1n) is 11.0. The Morgan fingerprint density at radius 2 is 1.97 bits per heavy atom. The molecule has 3 fully saturated rings. The van der Waals surface area contributed by atoms with E-state index in [1.807, 2.05) is 54.6 Å². The van der Waals surface area contributed by atoms with Gasteiger partial charge in [-0.15, -0.1) is 0 Å². The second-order valence-electron chi connectivity index (χ2n) is 8.80. The van der Waals surface area contributed by atoms with Crippen LogP contribution in [0, 0.1) is 17.4 Å². The molecule has 0 aromatic heterocycles. The molecule has 3 N–H and O–H groups in total. The quantitative estimate of drug-likeness (QED) is 0.649. The number of carbonyl (C=O) groups excluding carboxylic acids is 1. The standard InChI is InChI=1S/C24H27N5O2/c25-16-29-14-17-7-6-12-24(17,15-29)26-23(30)21-13-20(27-28-21)19-10-4-5-11-22(19)31-18-8-2-1-3-9-18/h1-5,8-11,17,20-21,27-28H,6-7,12-15H2,(H,26,30)/t17-,20?,21?,24-/m0/s1. The van der Waals surface area contributed by atoms with Crippen LogP contribution in [0.15, 0.2) is 54.6 Å². The van der Waals surface area contributed by atoms with Gasteiger partial charge in [0.25, 0.3) is 0 Å². The molecule has 4 atom stereocenters. The van der Waals surface area contributed by atoms with E-state index in [9.17, 15) is 10.1 Å². The van der Waals surface area contributed by atoms with Gasteiger partial charge in [-0.2, -0.15) is 5.26 Å². The Bertz CT molecular complexity index is 991. The third-order valence-electron chi connectivity index (χ3n) is 6.87. The third-order valence-corrected chi connectivity index (χ3v) is 6.87. The fourth-order valence-electron chi connectivity index (χ4n) is 5.31. The first-order valence-corrected chi connectivity index (χ1v) is 11.0. The van der Waals surface area contributed by atoms with Gasteiger partial charge in [-0.3, -0.25) is 4.79 Å². The number of likely N-dealkylation sites (tertiary alicyclic amines) is 1. The number of nitrogens with one attached hydrogen (secondary N) is 3. The summed E-state index contributed by atoms with van der Waals surface area (Å²) in [4.78, 5) is 14.9. The Labute approximate surface area is 182 Å². The molecule has 2 aromatic carbocycles. The number of carbonyl (C=O) groups is 1. The van der Waals surface area contributed by atoms with Gasteiger partial charge in [0.1, 0.15) is 17.5 Å². The summed E-state index contributed by atoms with van der Waals surface area (Å²) in [5, 5.41) is 12.6. The molecule has 1 aliphatic carbocycles. The summed E-state index contributed by atoms with van der Waals surface area (Å²) in [5.74, 6) is 1.93. The molecule has 0 spiro atoms. The number of hydrogen-bond donors (Lipinski definition) is 3. The second-order valence-corrected chi connectivity index (χ2v) is 8.80. The number of hydrazine groups is 1. The number of hydrogen-bond acceptors (Lipinski definition) is 6. The summed E-state index contributed by atoms with van der Waals surface area (Å²) in [6, 6.07) is 17.3. The highest BCUT2D eigenvalue weighted by molar-refractivity contribution is 5.83. The lowest BCUT2D eigenvalue weighted by molar-refractivity contribution is -0.125. The number of fused-ring (bicyclic) bond motifs is 1. The predicted octanol–water partition coefficient (Wildman–Crippen LogP) is 2.84. The summed E-state index contributed by atoms with van der Waals surface area (Å²) < 4.78 is 6.10. The molecule has 2 aromatic rings. The number of para-hydroxylation sites is 2. The van der Waals surface area contributed by atoms with E-state index >= 15 is 0 Å². The maximum atomic E-state index is 13.1. The minimum Gasteiger partial charge on any atom is -0.457 e. The number of nitriles is 1. The lowest BCUT2D eigenvalue weighted by Crippen LogP contribution is -2.56. The van der Waals surface area contributed by atoms with Crippen LogP contribution >= 0.6 is 0 Å². The van der Waals surface area contributed by atoms with E-state index in [2.05, 4.69) is 22.4 Å². The second kappa shape index (κ2) is 8.22. The van der Waals surface area contributed by atoms with E-state index in [0.717, 1.165) is 42.9 Å². The monoisotopic (exact) mass is 417 g/mol. The van der Waals surface area contributed by atoms with Crippen molar-refractivity contribution in [2.75, 3.05) is 13.1 Å². The molecule has 160 valence electrons. The summed E-state index contributed by atoms with van der Waals surface area (Å²) in [6.45, 7) is 1.37. The maximum absolute atomic E-state index is 13.1. The highest BCUT2D eigenvalue weighted by atomic mass is 16.5. The summed E-state index contributed by atoms with van der Waals surface area (Å²) in [5.41, 5.74) is 7.21. The van der Waals surface area contributed by atoms with Gasteiger partial charge in [-0.05, 0) is 37.5 Å². The zero-order valence-electron chi connectivity index (χ0n) is 17.4. The third kappa shape index (κ3) is 3.85. The molecule has 2 unspecified atom stereocenters. The van der Waals surface area contributed by atoms with Crippen molar-refractivity contribution < 1.29 is 9.53 Å². The van der Waals surface area contributed by atoms with Crippen molar-refractivity contribution in [2.24, 2.45) is 5.92 Å². The summed E-state index contributed by atoms with van der Waals surface area (Å²) in [7, 11) is 0. The molecule has 7 nitrogen and oxygen atoms in total. The predicted molar refractivity (Wildman–Crippen MR) is 116 cm³/mol. The van der Waals surface area contributed by atoms with E-state index in [1.165, 1.54) is 0 Å². The minimum absolute atomic E-state index is 0.00292. The number of nitrogens with zero attached hydrogens (tertiary/aromatic N) is 2. The van der Waals surface area contributed by atoms with Crippen molar-refractivity contribution in [3.63, 3.8) is 0 Å². The van der Waals surface area contributed by atoms with Gasteiger partial charge >= 0.3 is 0 Å². The van der Waals surface area contributed by atoms with Gasteiger partial charge < -0.3 is 15.0 Å². The molecule has 2 aliphatic heterocycles. The molecule has 5 rings (SSSR count). The average Bonchev–Trinajstić information content (AvgIpc) is 3.49. The largest absolute Gasteiger partial charge is 0.457 e. The van der Waals surface area contributed by atoms with Gasteiger partial charge in [0.15, 0.2) is 6.19 Å². The lowest BCUT2D eigenvalue weighted by Gasteiger charge is -2.31. The van der Waals surface area contributed by atoms with Crippen LogP contribution in [0.3, 0.4) is 0 Å². The first kappa shape index (κ1) is 19.9. The Morgan fingerprint density at radius 3 is 2.81 bits per heavy atom. The lowest BCUT2D eigenvalue weighted by atomic mass is 9.90. The number of benzene rings is 2.